The zero-order valence-corrected chi connectivity index (χ0v) is 16.1. The first kappa shape index (κ1) is 21.8. The van der Waals surface area contributed by atoms with Crippen LogP contribution in [0.15, 0.2) is 65.7 Å². The van der Waals surface area contributed by atoms with Crippen LogP contribution in [0.3, 0.4) is 0 Å². The van der Waals surface area contributed by atoms with Gasteiger partial charge < -0.3 is 10.1 Å². The van der Waals surface area contributed by atoms with Crippen molar-refractivity contribution in [2.24, 2.45) is 0 Å². The second-order valence-corrected chi connectivity index (χ2v) is 6.40. The Morgan fingerprint density at radius 1 is 1.10 bits per heavy atom. The average Bonchev–Trinajstić information content (AvgIpc) is 2.74. The quantitative estimate of drug-likeness (QED) is 0.626. The van der Waals surface area contributed by atoms with E-state index in [9.17, 15) is 27.6 Å². The summed E-state index contributed by atoms with van der Waals surface area (Å²) in [6, 6.07) is 11.6. The van der Waals surface area contributed by atoms with Gasteiger partial charge in [0.15, 0.2) is 0 Å². The van der Waals surface area contributed by atoms with Gasteiger partial charge in [-0.25, -0.2) is 9.78 Å². The van der Waals surface area contributed by atoms with Gasteiger partial charge in [-0.15, -0.1) is 0 Å². The van der Waals surface area contributed by atoms with Crippen molar-refractivity contribution in [1.29, 1.82) is 0 Å². The number of hydrogen-bond donors (Lipinski definition) is 1. The number of ether oxygens (including phenoxy) is 1. The van der Waals surface area contributed by atoms with E-state index in [0.717, 1.165) is 29.1 Å². The molecule has 3 aromatic rings. The molecule has 10 heteroatoms. The van der Waals surface area contributed by atoms with Gasteiger partial charge >= 0.3 is 12.1 Å². The predicted octanol–water partition coefficient (Wildman–Crippen LogP) is 3.35. The van der Waals surface area contributed by atoms with Crippen LogP contribution >= 0.6 is 0 Å². The Balaban J connectivity index is 1.75. The maximum atomic E-state index is 12.7. The molecule has 7 nitrogen and oxygen atoms in total. The highest BCUT2D eigenvalue weighted by atomic mass is 19.4. The summed E-state index contributed by atoms with van der Waals surface area (Å²) in [5.74, 6) is -1.21. The van der Waals surface area contributed by atoms with Crippen LogP contribution < -0.4 is 10.9 Å². The first-order chi connectivity index (χ1) is 14.7. The van der Waals surface area contributed by atoms with Crippen molar-refractivity contribution >= 4 is 17.6 Å². The first-order valence-corrected chi connectivity index (χ1v) is 8.90. The molecule has 0 saturated heterocycles. The normalized spacial score (nSPS) is 11.1. The van der Waals surface area contributed by atoms with Gasteiger partial charge in [0.05, 0.1) is 35.9 Å². The molecule has 0 radical (unpaired) electrons. The number of rotatable bonds is 5. The van der Waals surface area contributed by atoms with Crippen LogP contribution in [0.5, 0.6) is 0 Å². The minimum atomic E-state index is -4.46. The zero-order valence-electron chi connectivity index (χ0n) is 16.1. The van der Waals surface area contributed by atoms with Gasteiger partial charge in [-0.05, 0) is 24.3 Å². The summed E-state index contributed by atoms with van der Waals surface area (Å²) in [5.41, 5.74) is -0.502. The third kappa shape index (κ3) is 5.16. The van der Waals surface area contributed by atoms with Gasteiger partial charge in [-0.1, -0.05) is 24.3 Å². The lowest BCUT2D eigenvalue weighted by molar-refractivity contribution is -0.137. The summed E-state index contributed by atoms with van der Waals surface area (Å²) in [5, 5.41) is 2.53. The fourth-order valence-corrected chi connectivity index (χ4v) is 2.76. The van der Waals surface area contributed by atoms with E-state index in [0.29, 0.717) is 5.56 Å². The molecule has 1 amide bonds. The number of anilines is 1. The van der Waals surface area contributed by atoms with Gasteiger partial charge in [-0.2, -0.15) is 13.2 Å². The Hall–Kier alpha value is -3.95. The van der Waals surface area contributed by atoms with Crippen LogP contribution in [0.2, 0.25) is 0 Å². The van der Waals surface area contributed by atoms with Gasteiger partial charge in [0.2, 0.25) is 5.91 Å². The molecule has 1 aromatic heterocycles. The summed E-state index contributed by atoms with van der Waals surface area (Å²) < 4.78 is 43.7. The maximum Gasteiger partial charge on any atom is 0.416 e. The Labute approximate surface area is 174 Å². The largest absolute Gasteiger partial charge is 0.465 e. The number of amides is 1. The predicted molar refractivity (Wildman–Crippen MR) is 105 cm³/mol. The smallest absolute Gasteiger partial charge is 0.416 e. The number of para-hydroxylation sites is 1. The maximum absolute atomic E-state index is 12.7. The monoisotopic (exact) mass is 431 g/mol. The lowest BCUT2D eigenvalue weighted by Gasteiger charge is -2.11. The van der Waals surface area contributed by atoms with Gasteiger partial charge in [0, 0.05) is 11.6 Å². The highest BCUT2D eigenvalue weighted by Gasteiger charge is 2.30. The van der Waals surface area contributed by atoms with Crippen molar-refractivity contribution < 1.29 is 27.5 Å². The summed E-state index contributed by atoms with van der Waals surface area (Å²) in [6.07, 6.45) is -3.34. The third-order valence-electron chi connectivity index (χ3n) is 4.31. The number of carbonyl (C=O) groups is 2. The van der Waals surface area contributed by atoms with Crippen LogP contribution in [0.1, 0.15) is 15.9 Å². The van der Waals surface area contributed by atoms with E-state index in [2.05, 4.69) is 15.0 Å². The Morgan fingerprint density at radius 3 is 2.39 bits per heavy atom. The summed E-state index contributed by atoms with van der Waals surface area (Å²) in [7, 11) is 1.21. The van der Waals surface area contributed by atoms with Crippen molar-refractivity contribution in [3.8, 4) is 11.3 Å². The zero-order chi connectivity index (χ0) is 22.6. The Kier molecular flexibility index (Phi) is 6.19. The van der Waals surface area contributed by atoms with Gasteiger partial charge in [0.25, 0.3) is 5.56 Å². The highest BCUT2D eigenvalue weighted by Crippen LogP contribution is 2.30. The molecule has 3 rings (SSSR count). The molecule has 31 heavy (non-hydrogen) atoms. The van der Waals surface area contributed by atoms with E-state index >= 15 is 0 Å². The number of nitrogens with one attached hydrogen (secondary N) is 1. The molecular formula is C21H16F3N3O4. The van der Waals surface area contributed by atoms with E-state index in [1.165, 1.54) is 31.4 Å². The average molecular weight is 431 g/mol. The highest BCUT2D eigenvalue weighted by molar-refractivity contribution is 6.01. The Morgan fingerprint density at radius 2 is 1.77 bits per heavy atom. The third-order valence-corrected chi connectivity index (χ3v) is 4.31. The van der Waals surface area contributed by atoms with E-state index < -0.39 is 29.2 Å². The Bertz CT molecular complexity index is 1170. The second-order valence-electron chi connectivity index (χ2n) is 6.40. The summed E-state index contributed by atoms with van der Waals surface area (Å²) in [4.78, 5) is 40.5. The van der Waals surface area contributed by atoms with Crippen LogP contribution in [0.4, 0.5) is 18.9 Å². The van der Waals surface area contributed by atoms with E-state index in [1.54, 1.807) is 12.1 Å². The molecule has 0 aliphatic heterocycles. The van der Waals surface area contributed by atoms with Crippen molar-refractivity contribution in [3.05, 3.63) is 82.4 Å². The summed E-state index contributed by atoms with van der Waals surface area (Å²) in [6.45, 7) is -0.380. The lowest BCUT2D eigenvalue weighted by Crippen LogP contribution is -2.28. The molecule has 0 atom stereocenters. The number of benzene rings is 2. The standard InChI is InChI=1S/C21H16F3N3O4/c1-31-20(30)15-4-2-3-5-16(15)26-18(28)11-27-12-25-17(10-19(27)29)13-6-8-14(9-7-13)21(22,23)24/h2-10,12H,11H2,1H3,(H,26,28). The first-order valence-electron chi connectivity index (χ1n) is 8.90. The number of alkyl halides is 3. The number of esters is 1. The number of hydrogen-bond acceptors (Lipinski definition) is 5. The molecular weight excluding hydrogens is 415 g/mol. The van der Waals surface area contributed by atoms with Crippen LogP contribution in [0.25, 0.3) is 11.3 Å². The molecule has 0 aliphatic carbocycles. The fraction of sp³-hybridized carbons (Fsp3) is 0.143. The van der Waals surface area contributed by atoms with Gasteiger partial charge in [-0.3, -0.25) is 14.2 Å². The lowest BCUT2D eigenvalue weighted by atomic mass is 10.1. The van der Waals surface area contributed by atoms with Crippen molar-refractivity contribution in [1.82, 2.24) is 9.55 Å². The molecule has 2 aromatic carbocycles. The van der Waals surface area contributed by atoms with Crippen LogP contribution in [-0.2, 0) is 22.3 Å². The van der Waals surface area contributed by atoms with E-state index in [4.69, 9.17) is 0 Å². The minimum Gasteiger partial charge on any atom is -0.465 e. The SMILES string of the molecule is COC(=O)c1ccccc1NC(=O)Cn1cnc(-c2ccc(C(F)(F)F)cc2)cc1=O. The molecule has 1 N–H and O–H groups in total. The fourth-order valence-electron chi connectivity index (χ4n) is 2.76. The number of methoxy groups -OCH3 is 1. The van der Waals surface area contributed by atoms with Crippen molar-refractivity contribution in [2.45, 2.75) is 12.7 Å². The molecule has 0 bridgehead atoms. The molecule has 0 aliphatic rings. The molecule has 0 unspecified atom stereocenters. The molecule has 160 valence electrons. The number of nitrogens with zero attached hydrogens (tertiary/aromatic N) is 2. The number of carbonyl (C=O) groups excluding carboxylic acids is 2. The van der Waals surface area contributed by atoms with Crippen LogP contribution in [-0.4, -0.2) is 28.5 Å². The van der Waals surface area contributed by atoms with E-state index in [1.807, 2.05) is 0 Å². The molecule has 1 heterocycles. The molecule has 0 fully saturated rings. The van der Waals surface area contributed by atoms with Crippen molar-refractivity contribution in [3.63, 3.8) is 0 Å². The minimum absolute atomic E-state index is 0.154. The second kappa shape index (κ2) is 8.82. The molecule has 0 spiro atoms. The van der Waals surface area contributed by atoms with Crippen molar-refractivity contribution in [2.75, 3.05) is 12.4 Å². The van der Waals surface area contributed by atoms with E-state index in [-0.39, 0.29) is 23.5 Å². The number of aromatic nitrogens is 2. The topological polar surface area (TPSA) is 90.3 Å². The van der Waals surface area contributed by atoms with Crippen LogP contribution in [0, 0.1) is 0 Å². The summed E-state index contributed by atoms with van der Waals surface area (Å²) >= 11 is 0. The number of halogens is 3. The van der Waals surface area contributed by atoms with Gasteiger partial charge in [0.1, 0.15) is 6.54 Å². The molecule has 0 saturated carbocycles.